The van der Waals surface area contributed by atoms with Crippen molar-refractivity contribution in [2.24, 2.45) is 5.73 Å². The van der Waals surface area contributed by atoms with Crippen LogP contribution in [0.4, 0.5) is 0 Å². The standard InChI is InChI=1S/C15H15N5O2S/c1-10(13(16)21)23-15-19-18-14(11-4-2-6-17-8-11)20(15)9-12-5-3-7-22-12/h2-8,10H,9H2,1H3,(H2,16,21)/t10-/m0/s1. The molecule has 23 heavy (non-hydrogen) atoms. The number of carbonyl (C=O) groups excluding carboxylic acids is 1. The van der Waals surface area contributed by atoms with Crippen LogP contribution in [0.3, 0.4) is 0 Å². The van der Waals surface area contributed by atoms with Crippen LogP contribution < -0.4 is 5.73 Å². The molecule has 0 aliphatic heterocycles. The lowest BCUT2D eigenvalue weighted by Crippen LogP contribution is -2.23. The molecule has 7 nitrogen and oxygen atoms in total. The van der Waals surface area contributed by atoms with Crippen LogP contribution in [-0.2, 0) is 11.3 Å². The molecular weight excluding hydrogens is 314 g/mol. The Morgan fingerprint density at radius 1 is 1.39 bits per heavy atom. The number of carbonyl (C=O) groups is 1. The molecule has 0 fully saturated rings. The molecular formula is C15H15N5O2S. The number of nitrogens with zero attached hydrogens (tertiary/aromatic N) is 4. The van der Waals surface area contributed by atoms with Gasteiger partial charge in [-0.25, -0.2) is 0 Å². The van der Waals surface area contributed by atoms with Gasteiger partial charge in [-0.2, -0.15) is 0 Å². The smallest absolute Gasteiger partial charge is 0.230 e. The molecule has 3 rings (SSSR count). The third-order valence-electron chi connectivity index (χ3n) is 3.21. The first-order valence-electron chi connectivity index (χ1n) is 6.97. The zero-order valence-electron chi connectivity index (χ0n) is 12.4. The van der Waals surface area contributed by atoms with Crippen molar-refractivity contribution in [3.8, 4) is 11.4 Å². The van der Waals surface area contributed by atoms with E-state index in [1.165, 1.54) is 11.8 Å². The van der Waals surface area contributed by atoms with Crippen molar-refractivity contribution in [1.82, 2.24) is 19.7 Å². The molecule has 8 heteroatoms. The molecule has 3 heterocycles. The van der Waals surface area contributed by atoms with E-state index in [0.29, 0.717) is 17.5 Å². The van der Waals surface area contributed by atoms with E-state index in [1.54, 1.807) is 25.6 Å². The van der Waals surface area contributed by atoms with Gasteiger partial charge in [-0.05, 0) is 31.2 Å². The van der Waals surface area contributed by atoms with Gasteiger partial charge in [0, 0.05) is 18.0 Å². The fourth-order valence-electron chi connectivity index (χ4n) is 2.00. The SMILES string of the molecule is C[C@H](Sc1nnc(-c2cccnc2)n1Cc1ccco1)C(N)=O. The number of primary amides is 1. The molecule has 0 aromatic carbocycles. The minimum Gasteiger partial charge on any atom is -0.467 e. The number of furan rings is 1. The first-order chi connectivity index (χ1) is 11.1. The van der Waals surface area contributed by atoms with Gasteiger partial charge in [0.25, 0.3) is 0 Å². The van der Waals surface area contributed by atoms with E-state index in [4.69, 9.17) is 10.2 Å². The van der Waals surface area contributed by atoms with Gasteiger partial charge in [-0.3, -0.25) is 14.3 Å². The molecule has 0 saturated heterocycles. The summed E-state index contributed by atoms with van der Waals surface area (Å²) in [7, 11) is 0. The highest BCUT2D eigenvalue weighted by molar-refractivity contribution is 8.00. The second kappa shape index (κ2) is 6.66. The number of rotatable bonds is 6. The normalized spacial score (nSPS) is 12.2. The van der Waals surface area contributed by atoms with E-state index < -0.39 is 11.2 Å². The van der Waals surface area contributed by atoms with Crippen LogP contribution in [0.25, 0.3) is 11.4 Å². The number of hydrogen-bond acceptors (Lipinski definition) is 6. The van der Waals surface area contributed by atoms with E-state index in [9.17, 15) is 4.79 Å². The number of nitrogens with two attached hydrogens (primary N) is 1. The second-order valence-electron chi connectivity index (χ2n) is 4.88. The van der Waals surface area contributed by atoms with Crippen molar-refractivity contribution >= 4 is 17.7 Å². The third-order valence-corrected chi connectivity index (χ3v) is 4.31. The molecule has 118 valence electrons. The van der Waals surface area contributed by atoms with Crippen molar-refractivity contribution in [3.05, 3.63) is 48.7 Å². The summed E-state index contributed by atoms with van der Waals surface area (Å²) in [4.78, 5) is 15.4. The average Bonchev–Trinajstić information content (AvgIpc) is 3.19. The maximum absolute atomic E-state index is 11.3. The Bertz CT molecular complexity index is 786. The largest absolute Gasteiger partial charge is 0.467 e. The molecule has 3 aromatic heterocycles. The molecule has 2 N–H and O–H groups in total. The number of aromatic nitrogens is 4. The Balaban J connectivity index is 1.99. The third kappa shape index (κ3) is 3.42. The van der Waals surface area contributed by atoms with Crippen LogP contribution in [0.5, 0.6) is 0 Å². The molecule has 0 radical (unpaired) electrons. The van der Waals surface area contributed by atoms with E-state index in [2.05, 4.69) is 15.2 Å². The molecule has 0 spiro atoms. The minimum atomic E-state index is -0.406. The molecule has 0 bridgehead atoms. The molecule has 0 aliphatic carbocycles. The van der Waals surface area contributed by atoms with Crippen molar-refractivity contribution in [2.75, 3.05) is 0 Å². The summed E-state index contributed by atoms with van der Waals surface area (Å²) in [5, 5.41) is 8.63. The maximum Gasteiger partial charge on any atom is 0.230 e. The van der Waals surface area contributed by atoms with Gasteiger partial charge in [0.2, 0.25) is 5.91 Å². The number of amides is 1. The molecule has 3 aromatic rings. The summed E-state index contributed by atoms with van der Waals surface area (Å²) in [6, 6.07) is 7.43. The number of hydrogen-bond donors (Lipinski definition) is 1. The topological polar surface area (TPSA) is 99.8 Å². The lowest BCUT2D eigenvalue weighted by molar-refractivity contribution is -0.117. The number of pyridine rings is 1. The Morgan fingerprint density at radius 2 is 2.26 bits per heavy atom. The Labute approximate surface area is 136 Å². The average molecular weight is 329 g/mol. The zero-order valence-corrected chi connectivity index (χ0v) is 13.2. The highest BCUT2D eigenvalue weighted by atomic mass is 32.2. The van der Waals surface area contributed by atoms with E-state index in [-0.39, 0.29) is 0 Å². The van der Waals surface area contributed by atoms with Crippen LogP contribution >= 0.6 is 11.8 Å². The Morgan fingerprint density at radius 3 is 2.91 bits per heavy atom. The van der Waals surface area contributed by atoms with Crippen molar-refractivity contribution in [1.29, 1.82) is 0 Å². The first kappa shape index (κ1) is 15.3. The Kier molecular flexibility index (Phi) is 4.42. The van der Waals surface area contributed by atoms with Gasteiger partial charge in [0.05, 0.1) is 18.1 Å². The summed E-state index contributed by atoms with van der Waals surface area (Å²) in [6.45, 7) is 2.20. The molecule has 1 atom stereocenters. The van der Waals surface area contributed by atoms with Gasteiger partial charge in [0.1, 0.15) is 5.76 Å². The van der Waals surface area contributed by atoms with Crippen molar-refractivity contribution in [2.45, 2.75) is 23.9 Å². The summed E-state index contributed by atoms with van der Waals surface area (Å²) in [5.74, 6) is 1.03. The van der Waals surface area contributed by atoms with E-state index >= 15 is 0 Å². The molecule has 0 unspecified atom stereocenters. The van der Waals surface area contributed by atoms with E-state index in [1.807, 2.05) is 28.8 Å². The van der Waals surface area contributed by atoms with Crippen molar-refractivity contribution < 1.29 is 9.21 Å². The van der Waals surface area contributed by atoms with Gasteiger partial charge >= 0.3 is 0 Å². The number of thioether (sulfide) groups is 1. The van der Waals surface area contributed by atoms with Crippen LogP contribution in [0.1, 0.15) is 12.7 Å². The Hall–Kier alpha value is -2.61. The van der Waals surface area contributed by atoms with E-state index in [0.717, 1.165) is 11.3 Å². The second-order valence-corrected chi connectivity index (χ2v) is 6.18. The van der Waals surface area contributed by atoms with Crippen molar-refractivity contribution in [3.63, 3.8) is 0 Å². The molecule has 0 aliphatic rings. The van der Waals surface area contributed by atoms with Crippen LogP contribution in [0.15, 0.2) is 52.5 Å². The van der Waals surface area contributed by atoms with Crippen LogP contribution in [0.2, 0.25) is 0 Å². The summed E-state index contributed by atoms with van der Waals surface area (Å²) in [5.41, 5.74) is 6.18. The summed E-state index contributed by atoms with van der Waals surface area (Å²) < 4.78 is 7.30. The van der Waals surface area contributed by atoms with Crippen LogP contribution in [0, 0.1) is 0 Å². The maximum atomic E-state index is 11.3. The van der Waals surface area contributed by atoms with Crippen LogP contribution in [-0.4, -0.2) is 30.9 Å². The van der Waals surface area contributed by atoms with Gasteiger partial charge in [0.15, 0.2) is 11.0 Å². The highest BCUT2D eigenvalue weighted by Crippen LogP contribution is 2.27. The fraction of sp³-hybridized carbons (Fsp3) is 0.200. The van der Waals surface area contributed by atoms with Gasteiger partial charge in [-0.15, -0.1) is 10.2 Å². The van der Waals surface area contributed by atoms with Gasteiger partial charge in [-0.1, -0.05) is 11.8 Å². The predicted molar refractivity (Wildman–Crippen MR) is 85.6 cm³/mol. The highest BCUT2D eigenvalue weighted by Gasteiger charge is 2.20. The summed E-state index contributed by atoms with van der Waals surface area (Å²) in [6.07, 6.45) is 5.03. The quantitative estimate of drug-likeness (QED) is 0.694. The zero-order chi connectivity index (χ0) is 16.2. The summed E-state index contributed by atoms with van der Waals surface area (Å²) >= 11 is 1.27. The minimum absolute atomic E-state index is 0.398. The lowest BCUT2D eigenvalue weighted by atomic mass is 10.2. The first-order valence-corrected chi connectivity index (χ1v) is 7.85. The fourth-order valence-corrected chi connectivity index (χ4v) is 2.80. The van der Waals surface area contributed by atoms with Gasteiger partial charge < -0.3 is 10.2 Å². The molecule has 1 amide bonds. The lowest BCUT2D eigenvalue weighted by Gasteiger charge is -2.10. The molecule has 0 saturated carbocycles. The monoisotopic (exact) mass is 329 g/mol. The predicted octanol–water partition coefficient (Wildman–Crippen LogP) is 1.95.